The molecular weight excluding hydrogens is 359 g/mol. The molecule has 0 saturated carbocycles. The van der Waals surface area contributed by atoms with Gasteiger partial charge in [-0.05, 0) is 54.6 Å². The average molecular weight is 376 g/mol. The molecule has 2 heterocycles. The number of halogens is 1. The molecule has 0 aliphatic rings. The maximum atomic E-state index is 13.8. The van der Waals surface area contributed by atoms with E-state index in [1.54, 1.807) is 55.9 Å². The van der Waals surface area contributed by atoms with Gasteiger partial charge in [-0.15, -0.1) is 0 Å². The van der Waals surface area contributed by atoms with Crippen LogP contribution < -0.4 is 15.4 Å². The van der Waals surface area contributed by atoms with Gasteiger partial charge in [0.05, 0.1) is 18.5 Å². The lowest BCUT2D eigenvalue weighted by Gasteiger charge is -2.10. The van der Waals surface area contributed by atoms with Gasteiger partial charge in [0.1, 0.15) is 11.6 Å². The summed E-state index contributed by atoms with van der Waals surface area (Å²) >= 11 is 0. The van der Waals surface area contributed by atoms with Crippen LogP contribution in [0.15, 0.2) is 67.0 Å². The largest absolute Gasteiger partial charge is 0.497 e. The summed E-state index contributed by atoms with van der Waals surface area (Å²) in [6.45, 7) is 0. The number of carbonyl (C=O) groups excluding carboxylic acids is 1. The number of hydrogen-bond donors (Lipinski definition) is 3. The second-order valence-corrected chi connectivity index (χ2v) is 6.11. The highest BCUT2D eigenvalue weighted by Crippen LogP contribution is 2.35. The standard InChI is InChI=1S/C21H17FN4O2/c1-28-16-7-5-15(6-8-16)24-21(27)26-20-17-11-14(22)4-9-18(17)25-19(20)13-3-2-10-23-12-13/h2-12,25H,1H3,(H2,24,26,27). The highest BCUT2D eigenvalue weighted by molar-refractivity contribution is 6.10. The number of H-pyrrole nitrogens is 1. The Bertz CT molecular complexity index is 1120. The fraction of sp³-hybridized carbons (Fsp3) is 0.0476. The van der Waals surface area contributed by atoms with E-state index in [1.165, 1.54) is 12.1 Å². The lowest BCUT2D eigenvalue weighted by atomic mass is 10.1. The van der Waals surface area contributed by atoms with Crippen LogP contribution in [0.3, 0.4) is 0 Å². The van der Waals surface area contributed by atoms with Crippen molar-refractivity contribution in [3.8, 4) is 17.0 Å². The molecule has 0 unspecified atom stereocenters. The van der Waals surface area contributed by atoms with E-state index in [2.05, 4.69) is 20.6 Å². The Morgan fingerprint density at radius 2 is 1.93 bits per heavy atom. The number of methoxy groups -OCH3 is 1. The minimum Gasteiger partial charge on any atom is -0.497 e. The van der Waals surface area contributed by atoms with Crippen molar-refractivity contribution < 1.29 is 13.9 Å². The number of amides is 2. The van der Waals surface area contributed by atoms with E-state index < -0.39 is 6.03 Å². The van der Waals surface area contributed by atoms with Crippen LogP contribution in [0.2, 0.25) is 0 Å². The molecule has 0 atom stereocenters. The van der Waals surface area contributed by atoms with Crippen molar-refractivity contribution in [3.63, 3.8) is 0 Å². The summed E-state index contributed by atoms with van der Waals surface area (Å²) in [4.78, 5) is 19.9. The Morgan fingerprint density at radius 3 is 2.64 bits per heavy atom. The zero-order chi connectivity index (χ0) is 19.5. The SMILES string of the molecule is COc1ccc(NC(=O)Nc2c(-c3cccnc3)[nH]c3ccc(F)cc23)cc1. The summed E-state index contributed by atoms with van der Waals surface area (Å²) in [5, 5.41) is 6.16. The monoisotopic (exact) mass is 376 g/mol. The molecule has 3 N–H and O–H groups in total. The zero-order valence-electron chi connectivity index (χ0n) is 15.0. The molecule has 0 spiro atoms. The van der Waals surface area contributed by atoms with Crippen LogP contribution >= 0.6 is 0 Å². The Labute approximate surface area is 160 Å². The number of aromatic amines is 1. The van der Waals surface area contributed by atoms with Gasteiger partial charge in [0, 0.05) is 34.5 Å². The normalized spacial score (nSPS) is 10.6. The van der Waals surface area contributed by atoms with Gasteiger partial charge < -0.3 is 20.4 Å². The first-order chi connectivity index (χ1) is 13.6. The maximum absolute atomic E-state index is 13.8. The molecule has 140 valence electrons. The average Bonchev–Trinajstić information content (AvgIpc) is 3.07. The highest BCUT2D eigenvalue weighted by atomic mass is 19.1. The third-order valence-electron chi connectivity index (χ3n) is 4.30. The summed E-state index contributed by atoms with van der Waals surface area (Å²) in [5.74, 6) is 0.305. The van der Waals surface area contributed by atoms with E-state index in [0.29, 0.717) is 33.7 Å². The van der Waals surface area contributed by atoms with Crippen molar-refractivity contribution in [2.24, 2.45) is 0 Å². The minimum atomic E-state index is -0.444. The second-order valence-electron chi connectivity index (χ2n) is 6.11. The molecule has 0 aliphatic carbocycles. The fourth-order valence-corrected chi connectivity index (χ4v) is 2.97. The second kappa shape index (κ2) is 7.40. The third-order valence-corrected chi connectivity index (χ3v) is 4.30. The van der Waals surface area contributed by atoms with Gasteiger partial charge >= 0.3 is 6.03 Å². The van der Waals surface area contributed by atoms with Gasteiger partial charge in [-0.1, -0.05) is 0 Å². The van der Waals surface area contributed by atoms with Crippen LogP contribution in [0.25, 0.3) is 22.2 Å². The highest BCUT2D eigenvalue weighted by Gasteiger charge is 2.16. The van der Waals surface area contributed by atoms with Crippen LogP contribution in [0.1, 0.15) is 0 Å². The number of urea groups is 1. The van der Waals surface area contributed by atoms with E-state index in [4.69, 9.17) is 4.74 Å². The maximum Gasteiger partial charge on any atom is 0.323 e. The van der Waals surface area contributed by atoms with E-state index in [-0.39, 0.29) is 5.82 Å². The molecule has 7 heteroatoms. The molecule has 0 aliphatic heterocycles. The molecule has 2 aromatic heterocycles. The quantitative estimate of drug-likeness (QED) is 0.468. The first kappa shape index (κ1) is 17.5. The van der Waals surface area contributed by atoms with Crippen LogP contribution in [-0.2, 0) is 0 Å². The van der Waals surface area contributed by atoms with E-state index in [1.807, 2.05) is 6.07 Å². The van der Waals surface area contributed by atoms with Crippen molar-refractivity contribution in [2.75, 3.05) is 17.7 Å². The first-order valence-electron chi connectivity index (χ1n) is 8.58. The van der Waals surface area contributed by atoms with Crippen molar-refractivity contribution >= 4 is 28.3 Å². The van der Waals surface area contributed by atoms with Crippen molar-refractivity contribution in [2.45, 2.75) is 0 Å². The topological polar surface area (TPSA) is 79.0 Å². The molecule has 0 saturated heterocycles. The van der Waals surface area contributed by atoms with Gasteiger partial charge in [0.25, 0.3) is 0 Å². The Morgan fingerprint density at radius 1 is 1.11 bits per heavy atom. The Hall–Kier alpha value is -3.87. The minimum absolute atomic E-state index is 0.386. The van der Waals surface area contributed by atoms with Gasteiger partial charge in [-0.3, -0.25) is 4.98 Å². The number of fused-ring (bicyclic) bond motifs is 1. The number of pyridine rings is 1. The number of anilines is 2. The van der Waals surface area contributed by atoms with Gasteiger partial charge in [0.15, 0.2) is 0 Å². The number of rotatable bonds is 4. The summed E-state index contributed by atoms with van der Waals surface area (Å²) in [6.07, 6.45) is 3.34. The van der Waals surface area contributed by atoms with Crippen LogP contribution in [0.4, 0.5) is 20.6 Å². The number of aromatic nitrogens is 2. The molecule has 0 radical (unpaired) electrons. The van der Waals surface area contributed by atoms with E-state index in [0.717, 1.165) is 5.56 Å². The molecule has 2 amide bonds. The van der Waals surface area contributed by atoms with E-state index in [9.17, 15) is 9.18 Å². The molecule has 4 rings (SSSR count). The molecule has 4 aromatic rings. The fourth-order valence-electron chi connectivity index (χ4n) is 2.97. The summed E-state index contributed by atoms with van der Waals surface area (Å²) < 4.78 is 18.9. The number of ether oxygens (including phenoxy) is 1. The molecule has 6 nitrogen and oxygen atoms in total. The summed E-state index contributed by atoms with van der Waals surface area (Å²) in [5.41, 5.74) is 3.22. The number of benzene rings is 2. The Kier molecular flexibility index (Phi) is 4.63. The van der Waals surface area contributed by atoms with Gasteiger partial charge in [0.2, 0.25) is 0 Å². The molecule has 0 bridgehead atoms. The molecule has 28 heavy (non-hydrogen) atoms. The molecular formula is C21H17FN4O2. The van der Waals surface area contributed by atoms with Crippen molar-refractivity contribution in [3.05, 3.63) is 72.8 Å². The lowest BCUT2D eigenvalue weighted by Crippen LogP contribution is -2.19. The zero-order valence-corrected chi connectivity index (χ0v) is 15.0. The van der Waals surface area contributed by atoms with E-state index >= 15 is 0 Å². The summed E-state index contributed by atoms with van der Waals surface area (Å²) in [7, 11) is 1.57. The molecule has 0 fully saturated rings. The van der Waals surface area contributed by atoms with Crippen molar-refractivity contribution in [1.82, 2.24) is 9.97 Å². The van der Waals surface area contributed by atoms with Gasteiger partial charge in [-0.2, -0.15) is 0 Å². The predicted octanol–water partition coefficient (Wildman–Crippen LogP) is 5.02. The number of hydrogen-bond acceptors (Lipinski definition) is 3. The Balaban J connectivity index is 1.68. The lowest BCUT2D eigenvalue weighted by molar-refractivity contribution is 0.262. The van der Waals surface area contributed by atoms with Gasteiger partial charge in [-0.25, -0.2) is 9.18 Å². The van der Waals surface area contributed by atoms with Crippen LogP contribution in [-0.4, -0.2) is 23.1 Å². The smallest absolute Gasteiger partial charge is 0.323 e. The van der Waals surface area contributed by atoms with Crippen LogP contribution in [0.5, 0.6) is 5.75 Å². The first-order valence-corrected chi connectivity index (χ1v) is 8.58. The predicted molar refractivity (Wildman–Crippen MR) is 107 cm³/mol. The summed E-state index contributed by atoms with van der Waals surface area (Å²) in [6, 6.07) is 14.6. The van der Waals surface area contributed by atoms with Crippen molar-refractivity contribution in [1.29, 1.82) is 0 Å². The van der Waals surface area contributed by atoms with Crippen LogP contribution in [0, 0.1) is 5.82 Å². The number of carbonyl (C=O) groups is 1. The molecule has 2 aromatic carbocycles. The third kappa shape index (κ3) is 3.50. The number of nitrogens with zero attached hydrogens (tertiary/aromatic N) is 1. The number of nitrogens with one attached hydrogen (secondary N) is 3.